The standard InChI is InChI=1S/C15H23NO2/c1-15(2,3)11-9-14(18-4)10(8-13(11)17)12-6-5-7-16-12/h8-9,12,16-17H,5-7H2,1-4H3. The van der Waals surface area contributed by atoms with Crippen molar-refractivity contribution >= 4 is 0 Å². The third-order valence-corrected chi connectivity index (χ3v) is 3.59. The second-order valence-electron chi connectivity index (χ2n) is 6.01. The van der Waals surface area contributed by atoms with Gasteiger partial charge in [0.05, 0.1) is 7.11 Å². The third-order valence-electron chi connectivity index (χ3n) is 3.59. The molecule has 1 aliphatic rings. The molecule has 1 aromatic rings. The molecule has 0 bridgehead atoms. The summed E-state index contributed by atoms with van der Waals surface area (Å²) in [7, 11) is 1.69. The van der Waals surface area contributed by atoms with Crippen molar-refractivity contribution in [2.75, 3.05) is 13.7 Å². The molecule has 1 atom stereocenters. The molecule has 0 saturated carbocycles. The highest BCUT2D eigenvalue weighted by molar-refractivity contribution is 5.50. The van der Waals surface area contributed by atoms with Gasteiger partial charge in [0, 0.05) is 17.2 Å². The Morgan fingerprint density at radius 1 is 1.33 bits per heavy atom. The van der Waals surface area contributed by atoms with Gasteiger partial charge in [-0.3, -0.25) is 0 Å². The molecule has 100 valence electrons. The number of phenolic OH excluding ortho intramolecular Hbond substituents is 1. The maximum atomic E-state index is 10.2. The van der Waals surface area contributed by atoms with Crippen molar-refractivity contribution in [2.45, 2.75) is 45.1 Å². The Morgan fingerprint density at radius 3 is 2.56 bits per heavy atom. The SMILES string of the molecule is COc1cc(C(C)(C)C)c(O)cc1C1CCCN1. The van der Waals surface area contributed by atoms with Gasteiger partial charge >= 0.3 is 0 Å². The summed E-state index contributed by atoms with van der Waals surface area (Å²) >= 11 is 0. The number of methoxy groups -OCH3 is 1. The zero-order chi connectivity index (χ0) is 13.3. The summed E-state index contributed by atoms with van der Waals surface area (Å²) in [5.74, 6) is 1.24. The summed E-state index contributed by atoms with van der Waals surface area (Å²) in [5, 5.41) is 13.7. The van der Waals surface area contributed by atoms with Crippen LogP contribution in [0.3, 0.4) is 0 Å². The third kappa shape index (κ3) is 2.46. The summed E-state index contributed by atoms with van der Waals surface area (Å²) in [6.07, 6.45) is 2.28. The molecule has 3 heteroatoms. The van der Waals surface area contributed by atoms with Gasteiger partial charge in [0.1, 0.15) is 11.5 Å². The number of phenols is 1. The van der Waals surface area contributed by atoms with E-state index in [1.54, 1.807) is 7.11 Å². The second kappa shape index (κ2) is 4.81. The molecule has 2 rings (SSSR count). The fraction of sp³-hybridized carbons (Fsp3) is 0.600. The van der Waals surface area contributed by atoms with Crippen LogP contribution in [0.5, 0.6) is 11.5 Å². The Bertz CT molecular complexity index is 429. The Labute approximate surface area is 109 Å². The molecule has 0 amide bonds. The minimum absolute atomic E-state index is 0.0843. The fourth-order valence-corrected chi connectivity index (χ4v) is 2.58. The normalized spacial score (nSPS) is 20.1. The van der Waals surface area contributed by atoms with Crippen LogP contribution in [0.15, 0.2) is 12.1 Å². The van der Waals surface area contributed by atoms with Crippen molar-refractivity contribution in [1.82, 2.24) is 5.32 Å². The van der Waals surface area contributed by atoms with E-state index in [4.69, 9.17) is 4.74 Å². The molecule has 3 nitrogen and oxygen atoms in total. The van der Waals surface area contributed by atoms with Crippen LogP contribution in [0.1, 0.15) is 50.8 Å². The molecule has 0 radical (unpaired) electrons. The molecule has 18 heavy (non-hydrogen) atoms. The maximum absolute atomic E-state index is 10.2. The van der Waals surface area contributed by atoms with Gasteiger partial charge in [-0.05, 0) is 36.9 Å². The summed E-state index contributed by atoms with van der Waals surface area (Å²) in [4.78, 5) is 0. The Hall–Kier alpha value is -1.22. The average molecular weight is 249 g/mol. The average Bonchev–Trinajstić information content (AvgIpc) is 2.80. The van der Waals surface area contributed by atoms with Crippen LogP contribution >= 0.6 is 0 Å². The van der Waals surface area contributed by atoms with E-state index in [9.17, 15) is 5.11 Å². The summed E-state index contributed by atoms with van der Waals surface area (Å²) in [6.45, 7) is 7.31. The highest BCUT2D eigenvalue weighted by atomic mass is 16.5. The first-order valence-corrected chi connectivity index (χ1v) is 6.58. The van der Waals surface area contributed by atoms with Crippen molar-refractivity contribution in [3.05, 3.63) is 23.3 Å². The largest absolute Gasteiger partial charge is 0.508 e. The quantitative estimate of drug-likeness (QED) is 0.846. The van der Waals surface area contributed by atoms with Gasteiger partial charge in [0.25, 0.3) is 0 Å². The van der Waals surface area contributed by atoms with Crippen LogP contribution in [0.2, 0.25) is 0 Å². The lowest BCUT2D eigenvalue weighted by Crippen LogP contribution is -2.16. The highest BCUT2D eigenvalue weighted by Crippen LogP contribution is 2.39. The number of aromatic hydroxyl groups is 1. The molecule has 0 aromatic heterocycles. The van der Waals surface area contributed by atoms with Gasteiger partial charge in [-0.25, -0.2) is 0 Å². The van der Waals surface area contributed by atoms with Crippen LogP contribution < -0.4 is 10.1 Å². The van der Waals surface area contributed by atoms with Gasteiger partial charge in [-0.15, -0.1) is 0 Å². The Morgan fingerprint density at radius 2 is 2.06 bits per heavy atom. The van der Waals surface area contributed by atoms with Crippen molar-refractivity contribution in [2.24, 2.45) is 0 Å². The molecule has 1 aliphatic heterocycles. The van der Waals surface area contributed by atoms with Crippen molar-refractivity contribution in [1.29, 1.82) is 0 Å². The lowest BCUT2D eigenvalue weighted by molar-refractivity contribution is 0.394. The van der Waals surface area contributed by atoms with E-state index in [1.165, 1.54) is 6.42 Å². The predicted molar refractivity (Wildman–Crippen MR) is 73.3 cm³/mol. The van der Waals surface area contributed by atoms with Gasteiger partial charge < -0.3 is 15.2 Å². The molecule has 1 heterocycles. The highest BCUT2D eigenvalue weighted by Gasteiger charge is 2.25. The van der Waals surface area contributed by atoms with E-state index < -0.39 is 0 Å². The van der Waals surface area contributed by atoms with Crippen molar-refractivity contribution < 1.29 is 9.84 Å². The van der Waals surface area contributed by atoms with Gasteiger partial charge in [0.2, 0.25) is 0 Å². The van der Waals surface area contributed by atoms with Crippen LogP contribution in [-0.4, -0.2) is 18.8 Å². The van der Waals surface area contributed by atoms with E-state index in [0.717, 1.165) is 29.8 Å². The first kappa shape index (κ1) is 13.2. The number of ether oxygens (including phenoxy) is 1. The topological polar surface area (TPSA) is 41.5 Å². The number of hydrogen-bond donors (Lipinski definition) is 2. The lowest BCUT2D eigenvalue weighted by Gasteiger charge is -2.24. The fourth-order valence-electron chi connectivity index (χ4n) is 2.58. The molecule has 1 fully saturated rings. The summed E-state index contributed by atoms with van der Waals surface area (Å²) in [6, 6.07) is 4.15. The molecule has 2 N–H and O–H groups in total. The van der Waals surface area contributed by atoms with E-state index in [2.05, 4.69) is 26.1 Å². The second-order valence-corrected chi connectivity index (χ2v) is 6.01. The number of benzene rings is 1. The van der Waals surface area contributed by atoms with Gasteiger partial charge in [0.15, 0.2) is 0 Å². The lowest BCUT2D eigenvalue weighted by atomic mass is 9.85. The molecule has 0 aliphatic carbocycles. The van der Waals surface area contributed by atoms with Crippen LogP contribution in [0, 0.1) is 0 Å². The first-order chi connectivity index (χ1) is 8.43. The molecule has 1 unspecified atom stereocenters. The number of nitrogens with one attached hydrogen (secondary N) is 1. The maximum Gasteiger partial charge on any atom is 0.124 e. The zero-order valence-electron chi connectivity index (χ0n) is 11.7. The van der Waals surface area contributed by atoms with Gasteiger partial charge in [-0.2, -0.15) is 0 Å². The van der Waals surface area contributed by atoms with E-state index in [0.29, 0.717) is 11.8 Å². The molecule has 0 spiro atoms. The molecular formula is C15H23NO2. The minimum Gasteiger partial charge on any atom is -0.508 e. The predicted octanol–water partition coefficient (Wildman–Crippen LogP) is 3.12. The Kier molecular flexibility index (Phi) is 3.53. The van der Waals surface area contributed by atoms with Crippen molar-refractivity contribution in [3.8, 4) is 11.5 Å². The van der Waals surface area contributed by atoms with Crippen LogP contribution in [0.25, 0.3) is 0 Å². The molecular weight excluding hydrogens is 226 g/mol. The Balaban J connectivity index is 2.46. The van der Waals surface area contributed by atoms with E-state index in [1.807, 2.05) is 12.1 Å². The number of rotatable bonds is 2. The zero-order valence-corrected chi connectivity index (χ0v) is 11.7. The summed E-state index contributed by atoms with van der Waals surface area (Å²) < 4.78 is 5.50. The molecule has 1 aromatic carbocycles. The monoisotopic (exact) mass is 249 g/mol. The van der Waals surface area contributed by atoms with Crippen molar-refractivity contribution in [3.63, 3.8) is 0 Å². The first-order valence-electron chi connectivity index (χ1n) is 6.58. The summed E-state index contributed by atoms with van der Waals surface area (Å²) in [5.41, 5.74) is 1.92. The number of hydrogen-bond acceptors (Lipinski definition) is 3. The van der Waals surface area contributed by atoms with E-state index in [-0.39, 0.29) is 5.41 Å². The minimum atomic E-state index is -0.0843. The van der Waals surface area contributed by atoms with E-state index >= 15 is 0 Å². The van der Waals surface area contributed by atoms with Crippen LogP contribution in [-0.2, 0) is 5.41 Å². The smallest absolute Gasteiger partial charge is 0.124 e. The van der Waals surface area contributed by atoms with Crippen LogP contribution in [0.4, 0.5) is 0 Å². The molecule has 1 saturated heterocycles. The van der Waals surface area contributed by atoms with Gasteiger partial charge in [-0.1, -0.05) is 20.8 Å².